The first-order valence-electron chi connectivity index (χ1n) is 5.18. The van der Waals surface area contributed by atoms with Crippen molar-refractivity contribution in [3.05, 3.63) is 53.7 Å². The highest BCUT2D eigenvalue weighted by atomic mass is 35.5. The number of hydrogen-bond donors (Lipinski definition) is 1. The van der Waals surface area contributed by atoms with Crippen molar-refractivity contribution < 1.29 is 4.39 Å². The summed E-state index contributed by atoms with van der Waals surface area (Å²) in [6.07, 6.45) is 0. The molecule has 0 saturated carbocycles. The van der Waals surface area contributed by atoms with Gasteiger partial charge in [-0.2, -0.15) is 4.39 Å². The van der Waals surface area contributed by atoms with E-state index in [1.54, 1.807) is 6.92 Å². The Balaban J connectivity index is 2.62. The molecule has 2 heterocycles. The molecule has 2 aromatic heterocycles. The van der Waals surface area contributed by atoms with Crippen LogP contribution in [0.2, 0.25) is 5.15 Å². The Bertz CT molecular complexity index is 704. The van der Waals surface area contributed by atoms with Gasteiger partial charge in [0, 0.05) is 9.75 Å². The van der Waals surface area contributed by atoms with Crippen LogP contribution < -0.4 is 11.2 Å². The molecule has 0 spiro atoms. The van der Waals surface area contributed by atoms with Gasteiger partial charge in [-0.1, -0.05) is 11.6 Å². The van der Waals surface area contributed by atoms with Gasteiger partial charge in [0.25, 0.3) is 5.56 Å². The topological polar surface area (TPSA) is 54.9 Å². The predicted octanol–water partition coefficient (Wildman–Crippen LogP) is 2.31. The molecule has 0 aliphatic rings. The van der Waals surface area contributed by atoms with Crippen LogP contribution in [0.1, 0.15) is 22.7 Å². The number of rotatable bonds is 2. The zero-order chi connectivity index (χ0) is 13.4. The largest absolute Gasteiger partial charge is 0.330 e. The molecule has 0 aliphatic heterocycles. The third-order valence-electron chi connectivity index (χ3n) is 2.59. The molecule has 0 aliphatic carbocycles. The lowest BCUT2D eigenvalue weighted by molar-refractivity contribution is 0.519. The van der Waals surface area contributed by atoms with E-state index in [1.807, 2.05) is 19.1 Å². The fraction of sp³-hybridized carbons (Fsp3) is 0.273. The van der Waals surface area contributed by atoms with Crippen LogP contribution in [0.4, 0.5) is 4.39 Å². The van der Waals surface area contributed by atoms with Crippen LogP contribution in [0.3, 0.4) is 0 Å². The summed E-state index contributed by atoms with van der Waals surface area (Å²) in [5, 5.41) is -0.559. The van der Waals surface area contributed by atoms with Crippen molar-refractivity contribution in [3.8, 4) is 0 Å². The highest BCUT2D eigenvalue weighted by molar-refractivity contribution is 7.12. The van der Waals surface area contributed by atoms with Gasteiger partial charge in [0.1, 0.15) is 0 Å². The van der Waals surface area contributed by atoms with E-state index in [4.69, 9.17) is 11.6 Å². The molecule has 1 unspecified atom stereocenters. The molecule has 4 nitrogen and oxygen atoms in total. The number of aryl methyl sites for hydroxylation is 1. The van der Waals surface area contributed by atoms with Gasteiger partial charge >= 0.3 is 5.69 Å². The summed E-state index contributed by atoms with van der Waals surface area (Å²) in [6, 6.07) is 3.15. The maximum atomic E-state index is 13.4. The van der Waals surface area contributed by atoms with Gasteiger partial charge in [-0.3, -0.25) is 9.78 Å². The molecular formula is C11H10ClFN2O2S. The normalized spacial score (nSPS) is 12.7. The molecule has 7 heteroatoms. The van der Waals surface area contributed by atoms with E-state index in [2.05, 4.69) is 4.98 Å². The van der Waals surface area contributed by atoms with E-state index in [1.165, 1.54) is 11.3 Å². The Labute approximate surface area is 111 Å². The number of H-pyrrole nitrogens is 1. The van der Waals surface area contributed by atoms with E-state index in [0.29, 0.717) is 0 Å². The van der Waals surface area contributed by atoms with Crippen molar-refractivity contribution in [1.29, 1.82) is 0 Å². The van der Waals surface area contributed by atoms with E-state index in [0.717, 1.165) is 14.3 Å². The first-order chi connectivity index (χ1) is 8.41. The maximum Gasteiger partial charge on any atom is 0.330 e. The third-order valence-corrected chi connectivity index (χ3v) is 4.03. The average molecular weight is 289 g/mol. The summed E-state index contributed by atoms with van der Waals surface area (Å²) in [6.45, 7) is 3.57. The Hall–Kier alpha value is -1.40. The standard InChI is InChI=1S/C11H10ClFN2O2S/c1-5-3-4-7(18-5)6(2)15-10(16)8(13)9(12)14-11(15)17/h3-4,6H,1-2H3,(H,14,17). The highest BCUT2D eigenvalue weighted by Gasteiger charge is 2.19. The van der Waals surface area contributed by atoms with Crippen molar-refractivity contribution >= 4 is 22.9 Å². The zero-order valence-corrected chi connectivity index (χ0v) is 11.2. The third kappa shape index (κ3) is 2.13. The lowest BCUT2D eigenvalue weighted by Gasteiger charge is -2.12. The van der Waals surface area contributed by atoms with Crippen LogP contribution in [0.25, 0.3) is 0 Å². The van der Waals surface area contributed by atoms with Crippen molar-refractivity contribution in [2.24, 2.45) is 0 Å². The zero-order valence-electron chi connectivity index (χ0n) is 9.66. The van der Waals surface area contributed by atoms with Crippen LogP contribution in [0.15, 0.2) is 21.7 Å². The summed E-state index contributed by atoms with van der Waals surface area (Å²) in [4.78, 5) is 27.4. The lowest BCUT2D eigenvalue weighted by atomic mass is 10.2. The van der Waals surface area contributed by atoms with Crippen LogP contribution in [-0.2, 0) is 0 Å². The van der Waals surface area contributed by atoms with Gasteiger partial charge in [0.05, 0.1) is 6.04 Å². The molecule has 0 saturated heterocycles. The Kier molecular flexibility index (Phi) is 3.41. The monoisotopic (exact) mass is 288 g/mol. The first kappa shape index (κ1) is 13.0. The first-order valence-corrected chi connectivity index (χ1v) is 6.37. The minimum atomic E-state index is -1.14. The molecule has 2 aromatic rings. The summed E-state index contributed by atoms with van der Waals surface area (Å²) < 4.78 is 14.2. The minimum absolute atomic E-state index is 0.535. The molecule has 96 valence electrons. The van der Waals surface area contributed by atoms with Crippen LogP contribution >= 0.6 is 22.9 Å². The molecule has 0 aromatic carbocycles. The van der Waals surface area contributed by atoms with E-state index in [-0.39, 0.29) is 0 Å². The second-order valence-corrected chi connectivity index (χ2v) is 5.56. The fourth-order valence-electron chi connectivity index (χ4n) is 1.66. The Morgan fingerprint density at radius 3 is 2.67 bits per heavy atom. The van der Waals surface area contributed by atoms with Gasteiger partial charge in [0.15, 0.2) is 5.15 Å². The number of halogens is 2. The predicted molar refractivity (Wildman–Crippen MR) is 69.2 cm³/mol. The van der Waals surface area contributed by atoms with Crippen LogP contribution in [0, 0.1) is 12.7 Å². The van der Waals surface area contributed by atoms with Crippen molar-refractivity contribution in [2.75, 3.05) is 0 Å². The van der Waals surface area contributed by atoms with Gasteiger partial charge in [-0.15, -0.1) is 11.3 Å². The number of aromatic amines is 1. The molecule has 1 atom stereocenters. The van der Waals surface area contributed by atoms with E-state index < -0.39 is 28.3 Å². The molecule has 1 N–H and O–H groups in total. The molecule has 2 rings (SSSR count). The van der Waals surface area contributed by atoms with Crippen LogP contribution in [0.5, 0.6) is 0 Å². The smallest absolute Gasteiger partial charge is 0.295 e. The van der Waals surface area contributed by atoms with Gasteiger partial charge < -0.3 is 0 Å². The van der Waals surface area contributed by atoms with Gasteiger partial charge in [-0.05, 0) is 26.0 Å². The molecule has 0 amide bonds. The number of hydrogen-bond acceptors (Lipinski definition) is 3. The summed E-state index contributed by atoms with van der Waals surface area (Å²) in [5.74, 6) is -1.14. The maximum absolute atomic E-state index is 13.4. The second kappa shape index (κ2) is 4.70. The van der Waals surface area contributed by atoms with Crippen molar-refractivity contribution in [1.82, 2.24) is 9.55 Å². The van der Waals surface area contributed by atoms with Crippen molar-refractivity contribution in [2.45, 2.75) is 19.9 Å². The molecule has 18 heavy (non-hydrogen) atoms. The highest BCUT2D eigenvalue weighted by Crippen LogP contribution is 2.23. The summed E-state index contributed by atoms with van der Waals surface area (Å²) in [7, 11) is 0. The van der Waals surface area contributed by atoms with E-state index >= 15 is 0 Å². The number of aromatic nitrogens is 2. The minimum Gasteiger partial charge on any atom is -0.295 e. The quantitative estimate of drug-likeness (QED) is 0.862. The second-order valence-electron chi connectivity index (χ2n) is 3.86. The molecule has 0 bridgehead atoms. The number of nitrogens with one attached hydrogen (secondary N) is 1. The van der Waals surface area contributed by atoms with Crippen molar-refractivity contribution in [3.63, 3.8) is 0 Å². The van der Waals surface area contributed by atoms with Gasteiger partial charge in [0.2, 0.25) is 5.82 Å². The molecular weight excluding hydrogens is 279 g/mol. The lowest BCUT2D eigenvalue weighted by Crippen LogP contribution is -2.39. The number of nitrogens with zero attached hydrogens (tertiary/aromatic N) is 1. The molecule has 0 radical (unpaired) electrons. The van der Waals surface area contributed by atoms with E-state index in [9.17, 15) is 14.0 Å². The van der Waals surface area contributed by atoms with Gasteiger partial charge in [-0.25, -0.2) is 9.36 Å². The van der Waals surface area contributed by atoms with Crippen LogP contribution in [-0.4, -0.2) is 9.55 Å². The Morgan fingerprint density at radius 1 is 1.44 bits per heavy atom. The molecule has 0 fully saturated rings. The fourth-order valence-corrected chi connectivity index (χ4v) is 2.74. The average Bonchev–Trinajstić information content (AvgIpc) is 2.73. The Morgan fingerprint density at radius 2 is 2.11 bits per heavy atom. The number of thiophene rings is 1. The summed E-state index contributed by atoms with van der Waals surface area (Å²) in [5.41, 5.74) is -1.73. The SMILES string of the molecule is Cc1ccc(C(C)n2c(=O)[nH]c(Cl)c(F)c2=O)s1. The summed E-state index contributed by atoms with van der Waals surface area (Å²) >= 11 is 6.85.